The number of nitrogens with one attached hydrogen (secondary N) is 1. The van der Waals surface area contributed by atoms with Gasteiger partial charge in [-0.25, -0.2) is 4.79 Å². The summed E-state index contributed by atoms with van der Waals surface area (Å²) in [4.78, 5) is 16.2. The molecule has 0 fully saturated rings. The fourth-order valence-corrected chi connectivity index (χ4v) is 2.63. The molecule has 106 valence electrons. The molecule has 1 aliphatic carbocycles. The van der Waals surface area contributed by atoms with E-state index >= 15 is 0 Å². The Labute approximate surface area is 120 Å². The van der Waals surface area contributed by atoms with Crippen LogP contribution in [0, 0.1) is 0 Å². The second-order valence-electron chi connectivity index (χ2n) is 5.12. The van der Waals surface area contributed by atoms with Gasteiger partial charge in [-0.1, -0.05) is 24.3 Å². The summed E-state index contributed by atoms with van der Waals surface area (Å²) < 4.78 is 7.28. The van der Waals surface area contributed by atoms with Gasteiger partial charge in [-0.3, -0.25) is 4.57 Å². The van der Waals surface area contributed by atoms with Crippen LogP contribution < -0.4 is 15.7 Å². The van der Waals surface area contributed by atoms with Gasteiger partial charge in [0, 0.05) is 6.42 Å². The first-order chi connectivity index (χ1) is 10.2. The van der Waals surface area contributed by atoms with Gasteiger partial charge in [0.2, 0.25) is 0 Å². The molecule has 0 spiro atoms. The Balaban J connectivity index is 1.75. The fourth-order valence-electron chi connectivity index (χ4n) is 2.63. The number of aliphatic hydroxyl groups excluding tert-OH is 1. The van der Waals surface area contributed by atoms with Gasteiger partial charge >= 0.3 is 5.69 Å². The van der Waals surface area contributed by atoms with Gasteiger partial charge in [-0.2, -0.15) is 4.98 Å². The molecule has 0 radical (unpaired) electrons. The zero-order chi connectivity index (χ0) is 14.4. The molecule has 0 saturated heterocycles. The molecule has 6 nitrogen and oxygen atoms in total. The van der Waals surface area contributed by atoms with Crippen molar-refractivity contribution in [3.05, 3.63) is 53.1 Å². The van der Waals surface area contributed by atoms with Crippen molar-refractivity contribution in [2.75, 3.05) is 5.32 Å². The molecule has 0 bridgehead atoms. The lowest BCUT2D eigenvalue weighted by atomic mass is 10.2. The zero-order valence-electron chi connectivity index (χ0n) is 11.1. The van der Waals surface area contributed by atoms with Crippen LogP contribution in [-0.4, -0.2) is 20.8 Å². The molecule has 21 heavy (non-hydrogen) atoms. The van der Waals surface area contributed by atoms with Crippen LogP contribution in [-0.2, 0) is 0 Å². The van der Waals surface area contributed by atoms with E-state index in [2.05, 4.69) is 10.3 Å². The second-order valence-corrected chi connectivity index (χ2v) is 5.12. The quantitative estimate of drug-likeness (QED) is 0.668. The van der Waals surface area contributed by atoms with Crippen LogP contribution >= 0.6 is 0 Å². The topological polar surface area (TPSA) is 76.4 Å². The van der Waals surface area contributed by atoms with Crippen molar-refractivity contribution < 1.29 is 9.84 Å². The fraction of sp³-hybridized carbons (Fsp3) is 0.200. The van der Waals surface area contributed by atoms with Gasteiger partial charge in [0.1, 0.15) is 0 Å². The summed E-state index contributed by atoms with van der Waals surface area (Å²) in [5.74, 6) is 1.61. The van der Waals surface area contributed by atoms with Crippen LogP contribution in [0.2, 0.25) is 0 Å². The smallest absolute Gasteiger partial charge is 0.350 e. The number of aromatic nitrogens is 2. The van der Waals surface area contributed by atoms with Gasteiger partial charge in [0.15, 0.2) is 17.3 Å². The lowest BCUT2D eigenvalue weighted by Crippen LogP contribution is -2.27. The van der Waals surface area contributed by atoms with Crippen molar-refractivity contribution in [3.63, 3.8) is 0 Å². The molecule has 0 amide bonds. The summed E-state index contributed by atoms with van der Waals surface area (Å²) in [6.07, 6.45) is 5.10. The molecule has 1 aliphatic heterocycles. The number of nitrogens with zero attached hydrogens (tertiary/aromatic N) is 2. The highest BCUT2D eigenvalue weighted by molar-refractivity contribution is 5.72. The molecule has 2 atom stereocenters. The molecular weight excluding hydrogens is 270 g/mol. The molecule has 2 aliphatic rings. The average molecular weight is 283 g/mol. The number of ether oxygens (including phenoxy) is 1. The first-order valence-electron chi connectivity index (χ1n) is 6.74. The lowest BCUT2D eigenvalue weighted by molar-refractivity contribution is 0.209. The largest absolute Gasteiger partial charge is 0.450 e. The molecule has 2 aromatic rings. The maximum Gasteiger partial charge on any atom is 0.350 e. The first kappa shape index (κ1) is 12.2. The standard InChI is InChI=1S/C15H13N3O3/c19-10-6-5-9(7-10)18-8-13-14(17-15(18)20)16-11-3-1-2-4-12(11)21-13/h1-6,8-10,19H,7H2,(H,16,17,20)/t9-,10+/m0/s1. The first-order valence-corrected chi connectivity index (χ1v) is 6.74. The highest BCUT2D eigenvalue weighted by atomic mass is 16.5. The van der Waals surface area contributed by atoms with E-state index in [0.29, 0.717) is 23.7 Å². The van der Waals surface area contributed by atoms with E-state index in [1.807, 2.05) is 30.3 Å². The predicted molar refractivity (Wildman–Crippen MR) is 77.1 cm³/mol. The van der Waals surface area contributed by atoms with E-state index in [0.717, 1.165) is 5.69 Å². The van der Waals surface area contributed by atoms with Crippen molar-refractivity contribution in [3.8, 4) is 11.5 Å². The molecule has 2 N–H and O–H groups in total. The summed E-state index contributed by atoms with van der Waals surface area (Å²) in [5.41, 5.74) is 0.416. The lowest BCUT2D eigenvalue weighted by Gasteiger charge is -2.22. The minimum atomic E-state index is -0.516. The Morgan fingerprint density at radius 2 is 2.14 bits per heavy atom. The maximum atomic E-state index is 12.1. The van der Waals surface area contributed by atoms with Crippen LogP contribution in [0.15, 0.2) is 47.4 Å². The number of rotatable bonds is 1. The summed E-state index contributed by atoms with van der Waals surface area (Å²) >= 11 is 0. The van der Waals surface area contributed by atoms with Crippen LogP contribution in [0.5, 0.6) is 11.5 Å². The molecule has 0 unspecified atom stereocenters. The van der Waals surface area contributed by atoms with Gasteiger partial charge < -0.3 is 15.2 Å². The van der Waals surface area contributed by atoms with Gasteiger partial charge in [-0.05, 0) is 12.1 Å². The Morgan fingerprint density at radius 1 is 1.29 bits per heavy atom. The number of aliphatic hydroxyl groups is 1. The van der Waals surface area contributed by atoms with Gasteiger partial charge in [-0.15, -0.1) is 0 Å². The van der Waals surface area contributed by atoms with E-state index in [1.165, 1.54) is 4.57 Å². The summed E-state index contributed by atoms with van der Waals surface area (Å²) in [5, 5.41) is 12.6. The zero-order valence-corrected chi connectivity index (χ0v) is 11.1. The highest BCUT2D eigenvalue weighted by Crippen LogP contribution is 2.40. The summed E-state index contributed by atoms with van der Waals surface area (Å²) in [6.45, 7) is 0. The van der Waals surface area contributed by atoms with E-state index in [4.69, 9.17) is 4.74 Å². The van der Waals surface area contributed by atoms with E-state index in [-0.39, 0.29) is 11.7 Å². The number of hydrogen-bond donors (Lipinski definition) is 2. The SMILES string of the molecule is O=c1nc2c(cn1[C@H]1C=C[C@@H](O)C1)Oc1ccccc1N2. The van der Waals surface area contributed by atoms with Gasteiger partial charge in [0.05, 0.1) is 24.0 Å². The Morgan fingerprint density at radius 3 is 2.95 bits per heavy atom. The van der Waals surface area contributed by atoms with Crippen molar-refractivity contribution in [2.24, 2.45) is 0 Å². The predicted octanol–water partition coefficient (Wildman–Crippen LogP) is 1.95. The Bertz CT molecular complexity index is 797. The van der Waals surface area contributed by atoms with Crippen molar-refractivity contribution in [1.82, 2.24) is 9.55 Å². The summed E-state index contributed by atoms with van der Waals surface area (Å²) in [6, 6.07) is 7.28. The number of para-hydroxylation sites is 2. The number of anilines is 2. The Kier molecular flexibility index (Phi) is 2.58. The monoisotopic (exact) mass is 283 g/mol. The molecular formula is C15H13N3O3. The number of hydrogen-bond acceptors (Lipinski definition) is 5. The van der Waals surface area contributed by atoms with E-state index in [9.17, 15) is 9.90 Å². The summed E-state index contributed by atoms with van der Waals surface area (Å²) in [7, 11) is 0. The van der Waals surface area contributed by atoms with Crippen LogP contribution in [0.25, 0.3) is 0 Å². The molecule has 0 saturated carbocycles. The van der Waals surface area contributed by atoms with Crippen LogP contribution in [0.3, 0.4) is 0 Å². The molecule has 1 aromatic carbocycles. The minimum absolute atomic E-state index is 0.189. The maximum absolute atomic E-state index is 12.1. The van der Waals surface area contributed by atoms with E-state index in [1.54, 1.807) is 12.3 Å². The third-order valence-electron chi connectivity index (χ3n) is 3.67. The normalized spacial score (nSPS) is 22.1. The second kappa shape index (κ2) is 4.46. The molecule has 6 heteroatoms. The Hall–Kier alpha value is -2.60. The van der Waals surface area contributed by atoms with Gasteiger partial charge in [0.25, 0.3) is 0 Å². The molecule has 2 heterocycles. The average Bonchev–Trinajstić information content (AvgIpc) is 2.91. The molecule has 1 aromatic heterocycles. The third-order valence-corrected chi connectivity index (χ3v) is 3.67. The van der Waals surface area contributed by atoms with Crippen molar-refractivity contribution >= 4 is 11.5 Å². The van der Waals surface area contributed by atoms with Crippen molar-refractivity contribution in [2.45, 2.75) is 18.6 Å². The third kappa shape index (κ3) is 2.00. The van der Waals surface area contributed by atoms with Crippen LogP contribution in [0.4, 0.5) is 11.5 Å². The molecule has 4 rings (SSSR count). The highest BCUT2D eigenvalue weighted by Gasteiger charge is 2.24. The number of allylic oxidation sites excluding steroid dienone is 1. The number of fused-ring (bicyclic) bond motifs is 2. The van der Waals surface area contributed by atoms with Crippen molar-refractivity contribution in [1.29, 1.82) is 0 Å². The van der Waals surface area contributed by atoms with Crippen LogP contribution in [0.1, 0.15) is 12.5 Å². The minimum Gasteiger partial charge on any atom is -0.450 e. The van der Waals surface area contributed by atoms with E-state index < -0.39 is 6.10 Å². The number of benzene rings is 1.